The Morgan fingerprint density at radius 1 is 0.903 bits per heavy atom. The van der Waals surface area contributed by atoms with Crippen molar-refractivity contribution in [1.82, 2.24) is 25.0 Å². The van der Waals surface area contributed by atoms with Crippen LogP contribution in [0.2, 0.25) is 0 Å². The van der Waals surface area contributed by atoms with Crippen LogP contribution in [0, 0.1) is 12.7 Å². The Labute approximate surface area is 178 Å². The summed E-state index contributed by atoms with van der Waals surface area (Å²) >= 11 is 0. The van der Waals surface area contributed by atoms with Crippen molar-refractivity contribution in [2.45, 2.75) is 6.92 Å². The molecule has 3 heterocycles. The van der Waals surface area contributed by atoms with Gasteiger partial charge >= 0.3 is 0 Å². The van der Waals surface area contributed by atoms with Crippen LogP contribution in [0.5, 0.6) is 0 Å². The van der Waals surface area contributed by atoms with E-state index in [4.69, 9.17) is 0 Å². The smallest absolute Gasteiger partial charge is 0.174 e. The van der Waals surface area contributed by atoms with Gasteiger partial charge in [0, 0.05) is 36.1 Å². The van der Waals surface area contributed by atoms with E-state index in [0.29, 0.717) is 0 Å². The number of para-hydroxylation sites is 1. The Morgan fingerprint density at radius 2 is 1.74 bits per heavy atom. The van der Waals surface area contributed by atoms with E-state index < -0.39 is 5.82 Å². The first-order valence-electron chi connectivity index (χ1n) is 9.84. The summed E-state index contributed by atoms with van der Waals surface area (Å²) in [5.74, 6) is -0.177. The quantitative estimate of drug-likeness (QED) is 0.400. The number of pyridine rings is 2. The average Bonchev–Trinajstić information content (AvgIpc) is 3.14. The zero-order valence-electron chi connectivity index (χ0n) is 17.1. The van der Waals surface area contributed by atoms with Crippen LogP contribution >= 0.6 is 0 Å². The molecule has 5 rings (SSSR count). The molecule has 5 aromatic rings. The number of aromatic nitrogens is 5. The maximum absolute atomic E-state index is 14.9. The number of benzene rings is 2. The van der Waals surface area contributed by atoms with Gasteiger partial charge in [0.25, 0.3) is 0 Å². The second-order valence-corrected chi connectivity index (χ2v) is 7.19. The predicted octanol–water partition coefficient (Wildman–Crippen LogP) is 5.34. The molecule has 0 saturated carbocycles. The van der Waals surface area contributed by atoms with Crippen LogP contribution in [0.4, 0.5) is 21.6 Å². The molecule has 0 unspecified atom stereocenters. The summed E-state index contributed by atoms with van der Waals surface area (Å²) in [5.41, 5.74) is 5.10. The molecule has 0 aliphatic carbocycles. The van der Waals surface area contributed by atoms with Gasteiger partial charge < -0.3 is 0 Å². The highest BCUT2D eigenvalue weighted by molar-refractivity contribution is 5.98. The van der Waals surface area contributed by atoms with Gasteiger partial charge in [0.2, 0.25) is 0 Å². The molecule has 0 fully saturated rings. The molecule has 3 aromatic heterocycles. The molecule has 152 valence electrons. The molecule has 0 spiro atoms. The van der Waals surface area contributed by atoms with Crippen molar-refractivity contribution in [1.29, 1.82) is 0 Å². The van der Waals surface area contributed by atoms with Crippen LogP contribution in [0.15, 0.2) is 79.1 Å². The lowest BCUT2D eigenvalue weighted by molar-refractivity contribution is 0.623. The van der Waals surface area contributed by atoms with E-state index in [1.165, 1.54) is 6.07 Å². The van der Waals surface area contributed by atoms with E-state index in [9.17, 15) is 4.39 Å². The summed E-state index contributed by atoms with van der Waals surface area (Å²) in [7, 11) is 1.86. The first-order chi connectivity index (χ1) is 15.1. The van der Waals surface area contributed by atoms with Crippen LogP contribution in [0.25, 0.3) is 22.2 Å². The van der Waals surface area contributed by atoms with Gasteiger partial charge in [-0.2, -0.15) is 0 Å². The molecule has 0 amide bonds. The number of rotatable bonds is 4. The molecule has 0 saturated heterocycles. The van der Waals surface area contributed by atoms with E-state index in [0.717, 1.165) is 39.2 Å². The highest BCUT2D eigenvalue weighted by atomic mass is 19.1. The van der Waals surface area contributed by atoms with E-state index in [2.05, 4.69) is 20.3 Å². The van der Waals surface area contributed by atoms with E-state index in [-0.39, 0.29) is 5.82 Å². The minimum atomic E-state index is -0.404. The van der Waals surface area contributed by atoms with Gasteiger partial charge in [-0.25, -0.2) is 14.1 Å². The van der Waals surface area contributed by atoms with Gasteiger partial charge in [0.1, 0.15) is 0 Å². The first-order valence-corrected chi connectivity index (χ1v) is 9.84. The fourth-order valence-electron chi connectivity index (χ4n) is 3.82. The van der Waals surface area contributed by atoms with Crippen molar-refractivity contribution >= 4 is 28.1 Å². The number of hydrogen-bond donors (Lipinski definition) is 0. The zero-order valence-corrected chi connectivity index (χ0v) is 17.1. The third kappa shape index (κ3) is 3.30. The highest BCUT2D eigenvalue weighted by Crippen LogP contribution is 2.39. The van der Waals surface area contributed by atoms with Crippen molar-refractivity contribution in [3.8, 4) is 11.3 Å². The number of anilines is 3. The molecule has 0 radical (unpaired) electrons. The van der Waals surface area contributed by atoms with Crippen molar-refractivity contribution in [2.75, 3.05) is 4.90 Å². The predicted molar refractivity (Wildman–Crippen MR) is 119 cm³/mol. The molecule has 0 bridgehead atoms. The van der Waals surface area contributed by atoms with Crippen LogP contribution in [-0.4, -0.2) is 25.0 Å². The maximum atomic E-state index is 14.9. The summed E-state index contributed by atoms with van der Waals surface area (Å²) in [5, 5.41) is 9.15. The number of halogens is 1. The van der Waals surface area contributed by atoms with Gasteiger partial charge in [-0.15, -0.1) is 5.10 Å². The molecule has 0 aliphatic heterocycles. The molecule has 0 aliphatic rings. The van der Waals surface area contributed by atoms with Gasteiger partial charge in [0.15, 0.2) is 11.6 Å². The van der Waals surface area contributed by atoms with Crippen LogP contribution in [0.3, 0.4) is 0 Å². The van der Waals surface area contributed by atoms with E-state index in [1.807, 2.05) is 73.5 Å². The van der Waals surface area contributed by atoms with Crippen LogP contribution in [-0.2, 0) is 7.05 Å². The molecule has 31 heavy (non-hydrogen) atoms. The fraction of sp³-hybridized carbons (Fsp3) is 0.0833. The fourth-order valence-corrected chi connectivity index (χ4v) is 3.82. The lowest BCUT2D eigenvalue weighted by Crippen LogP contribution is -2.14. The topological polar surface area (TPSA) is 59.7 Å². The lowest BCUT2D eigenvalue weighted by atomic mass is 10.0. The van der Waals surface area contributed by atoms with E-state index >= 15 is 0 Å². The molecule has 2 aromatic carbocycles. The van der Waals surface area contributed by atoms with Gasteiger partial charge in [0.05, 0.1) is 22.6 Å². The Bertz CT molecular complexity index is 1360. The Morgan fingerprint density at radius 3 is 2.48 bits per heavy atom. The molecular weight excluding hydrogens is 391 g/mol. The van der Waals surface area contributed by atoms with Gasteiger partial charge in [-0.05, 0) is 49.4 Å². The van der Waals surface area contributed by atoms with Gasteiger partial charge in [-0.1, -0.05) is 29.5 Å². The summed E-state index contributed by atoms with van der Waals surface area (Å²) in [6.45, 7) is 1.93. The largest absolute Gasteiger partial charge is 0.292 e. The Kier molecular flexibility index (Phi) is 4.63. The molecule has 6 nitrogen and oxygen atoms in total. The maximum Gasteiger partial charge on any atom is 0.174 e. The van der Waals surface area contributed by atoms with Crippen molar-refractivity contribution < 1.29 is 4.39 Å². The summed E-state index contributed by atoms with van der Waals surface area (Å²) in [6, 6.07) is 20.5. The van der Waals surface area contributed by atoms with Crippen LogP contribution < -0.4 is 4.90 Å². The number of hydrogen-bond acceptors (Lipinski definition) is 5. The molecular formula is C24H19FN6. The first kappa shape index (κ1) is 18.9. The molecule has 7 heteroatoms. The summed E-state index contributed by atoms with van der Waals surface area (Å²) in [4.78, 5) is 10.7. The standard InChI is InChI=1S/C24H19FN6/c1-16-23(30(2)29-28-16)17-10-11-21-19(15-17)22(12-14-26-21)31(18-7-4-3-5-8-18)24-20(25)9-6-13-27-24/h3-15H,1-2H3. The average molecular weight is 410 g/mol. The molecule has 0 N–H and O–H groups in total. The third-order valence-corrected chi connectivity index (χ3v) is 5.19. The van der Waals surface area contributed by atoms with Crippen LogP contribution in [0.1, 0.15) is 5.69 Å². The summed E-state index contributed by atoms with van der Waals surface area (Å²) in [6.07, 6.45) is 3.32. The summed E-state index contributed by atoms with van der Waals surface area (Å²) < 4.78 is 16.6. The second-order valence-electron chi connectivity index (χ2n) is 7.19. The minimum absolute atomic E-state index is 0.227. The Balaban J connectivity index is 1.79. The zero-order chi connectivity index (χ0) is 21.4. The van der Waals surface area contributed by atoms with E-state index in [1.54, 1.807) is 23.1 Å². The Hall–Kier alpha value is -4.13. The normalized spacial score (nSPS) is 11.1. The highest BCUT2D eigenvalue weighted by Gasteiger charge is 2.20. The monoisotopic (exact) mass is 410 g/mol. The number of fused-ring (bicyclic) bond motifs is 1. The van der Waals surface area contributed by atoms with Crippen molar-refractivity contribution in [3.63, 3.8) is 0 Å². The number of aryl methyl sites for hydroxylation is 2. The van der Waals surface area contributed by atoms with Crippen molar-refractivity contribution in [3.05, 3.63) is 90.6 Å². The van der Waals surface area contributed by atoms with Gasteiger partial charge in [-0.3, -0.25) is 9.88 Å². The van der Waals surface area contributed by atoms with Crippen molar-refractivity contribution in [2.24, 2.45) is 7.05 Å². The molecule has 0 atom stereocenters. The third-order valence-electron chi connectivity index (χ3n) is 5.19. The SMILES string of the molecule is Cc1nnn(C)c1-c1ccc2nccc(N(c3ccccc3)c3ncccc3F)c2c1. The second kappa shape index (κ2) is 7.60. The minimum Gasteiger partial charge on any atom is -0.292 e. The lowest BCUT2D eigenvalue weighted by Gasteiger charge is -2.25. The number of nitrogens with zero attached hydrogens (tertiary/aromatic N) is 6.